The maximum atomic E-state index is 11.9. The molecule has 2 heterocycles. The van der Waals surface area contributed by atoms with Gasteiger partial charge in [0.1, 0.15) is 13.2 Å². The van der Waals surface area contributed by atoms with Gasteiger partial charge in [-0.05, 0) is 23.8 Å². The SMILES string of the molecule is O=C(Cc1ccc2c(c1)OCCO2)Nc1ncccn1. The van der Waals surface area contributed by atoms with Crippen LogP contribution in [0.15, 0.2) is 36.7 Å². The minimum Gasteiger partial charge on any atom is -0.486 e. The van der Waals surface area contributed by atoms with Gasteiger partial charge in [0.2, 0.25) is 11.9 Å². The molecule has 1 aliphatic heterocycles. The van der Waals surface area contributed by atoms with E-state index in [9.17, 15) is 4.79 Å². The molecule has 1 aromatic carbocycles. The third kappa shape index (κ3) is 2.85. The molecule has 0 atom stereocenters. The third-order valence-corrected chi connectivity index (χ3v) is 2.79. The molecule has 102 valence electrons. The van der Waals surface area contributed by atoms with Crippen LogP contribution in [0.4, 0.5) is 5.95 Å². The molecule has 0 unspecified atom stereocenters. The zero-order chi connectivity index (χ0) is 13.8. The number of hydrogen-bond donors (Lipinski definition) is 1. The van der Waals surface area contributed by atoms with E-state index in [1.54, 1.807) is 18.5 Å². The minimum absolute atomic E-state index is 0.173. The molecule has 1 amide bonds. The van der Waals surface area contributed by atoms with E-state index in [0.717, 1.165) is 5.56 Å². The smallest absolute Gasteiger partial charge is 0.231 e. The van der Waals surface area contributed by atoms with Crippen LogP contribution in [-0.2, 0) is 11.2 Å². The Bertz CT molecular complexity index is 616. The molecule has 0 bridgehead atoms. The summed E-state index contributed by atoms with van der Waals surface area (Å²) in [6.45, 7) is 1.08. The van der Waals surface area contributed by atoms with Crippen LogP contribution in [0.2, 0.25) is 0 Å². The second-order valence-corrected chi connectivity index (χ2v) is 4.28. The summed E-state index contributed by atoms with van der Waals surface area (Å²) >= 11 is 0. The maximum absolute atomic E-state index is 11.9. The summed E-state index contributed by atoms with van der Waals surface area (Å²) in [5.41, 5.74) is 0.850. The number of fused-ring (bicyclic) bond motifs is 1. The van der Waals surface area contributed by atoms with Crippen molar-refractivity contribution in [3.8, 4) is 11.5 Å². The van der Waals surface area contributed by atoms with E-state index in [2.05, 4.69) is 15.3 Å². The van der Waals surface area contributed by atoms with Gasteiger partial charge >= 0.3 is 0 Å². The Balaban J connectivity index is 1.67. The largest absolute Gasteiger partial charge is 0.486 e. The molecular formula is C14H13N3O3. The van der Waals surface area contributed by atoms with Crippen LogP contribution in [0.25, 0.3) is 0 Å². The number of hydrogen-bond acceptors (Lipinski definition) is 5. The number of anilines is 1. The molecule has 3 rings (SSSR count). The molecule has 0 saturated carbocycles. The number of carbonyl (C=O) groups is 1. The number of benzene rings is 1. The fourth-order valence-corrected chi connectivity index (χ4v) is 1.92. The van der Waals surface area contributed by atoms with Crippen molar-refractivity contribution < 1.29 is 14.3 Å². The van der Waals surface area contributed by atoms with Crippen LogP contribution in [0.5, 0.6) is 11.5 Å². The first-order valence-electron chi connectivity index (χ1n) is 6.27. The van der Waals surface area contributed by atoms with Crippen molar-refractivity contribution in [2.45, 2.75) is 6.42 Å². The lowest BCUT2D eigenvalue weighted by molar-refractivity contribution is -0.115. The highest BCUT2D eigenvalue weighted by molar-refractivity contribution is 5.90. The quantitative estimate of drug-likeness (QED) is 0.914. The van der Waals surface area contributed by atoms with E-state index in [4.69, 9.17) is 9.47 Å². The Morgan fingerprint density at radius 1 is 1.15 bits per heavy atom. The van der Waals surface area contributed by atoms with Crippen molar-refractivity contribution in [1.82, 2.24) is 9.97 Å². The Kier molecular flexibility index (Phi) is 3.45. The van der Waals surface area contributed by atoms with Crippen LogP contribution >= 0.6 is 0 Å². The van der Waals surface area contributed by atoms with E-state index in [1.165, 1.54) is 0 Å². The molecule has 0 fully saturated rings. The highest BCUT2D eigenvalue weighted by atomic mass is 16.6. The van der Waals surface area contributed by atoms with E-state index in [0.29, 0.717) is 30.7 Å². The van der Waals surface area contributed by atoms with Crippen LogP contribution in [-0.4, -0.2) is 29.1 Å². The van der Waals surface area contributed by atoms with Crippen LogP contribution < -0.4 is 14.8 Å². The highest BCUT2D eigenvalue weighted by Crippen LogP contribution is 2.30. The van der Waals surface area contributed by atoms with Crippen LogP contribution in [0.3, 0.4) is 0 Å². The summed E-state index contributed by atoms with van der Waals surface area (Å²) in [6, 6.07) is 7.17. The molecule has 1 N–H and O–H groups in total. The zero-order valence-corrected chi connectivity index (χ0v) is 10.7. The van der Waals surface area contributed by atoms with Gasteiger partial charge in [-0.2, -0.15) is 0 Å². The van der Waals surface area contributed by atoms with Crippen molar-refractivity contribution >= 4 is 11.9 Å². The molecule has 2 aromatic rings. The number of nitrogens with zero attached hydrogens (tertiary/aromatic N) is 2. The van der Waals surface area contributed by atoms with Gasteiger partial charge in [-0.3, -0.25) is 10.1 Å². The molecule has 0 aliphatic carbocycles. The Labute approximate surface area is 115 Å². The standard InChI is InChI=1S/C14H13N3O3/c18-13(17-14-15-4-1-5-16-14)9-10-2-3-11-12(8-10)20-7-6-19-11/h1-5,8H,6-7,9H2,(H,15,16,17,18). The van der Waals surface area contributed by atoms with Gasteiger partial charge in [-0.15, -0.1) is 0 Å². The molecule has 20 heavy (non-hydrogen) atoms. The molecule has 0 spiro atoms. The van der Waals surface area contributed by atoms with Crippen molar-refractivity contribution in [2.24, 2.45) is 0 Å². The van der Waals surface area contributed by atoms with Gasteiger partial charge in [0.25, 0.3) is 0 Å². The number of carbonyl (C=O) groups excluding carboxylic acids is 1. The maximum Gasteiger partial charge on any atom is 0.231 e. The molecule has 1 aromatic heterocycles. The molecular weight excluding hydrogens is 258 g/mol. The number of aromatic nitrogens is 2. The first-order valence-corrected chi connectivity index (χ1v) is 6.27. The second kappa shape index (κ2) is 5.56. The lowest BCUT2D eigenvalue weighted by Crippen LogP contribution is -2.17. The molecule has 1 aliphatic rings. The first kappa shape index (κ1) is 12.4. The van der Waals surface area contributed by atoms with Crippen molar-refractivity contribution in [1.29, 1.82) is 0 Å². The van der Waals surface area contributed by atoms with Gasteiger partial charge in [-0.1, -0.05) is 6.07 Å². The van der Waals surface area contributed by atoms with Gasteiger partial charge < -0.3 is 9.47 Å². The summed E-state index contributed by atoms with van der Waals surface area (Å²) in [7, 11) is 0. The number of amides is 1. The molecule has 6 heteroatoms. The second-order valence-electron chi connectivity index (χ2n) is 4.28. The van der Waals surface area contributed by atoms with Gasteiger partial charge in [0.15, 0.2) is 11.5 Å². The highest BCUT2D eigenvalue weighted by Gasteiger charge is 2.13. The fourth-order valence-electron chi connectivity index (χ4n) is 1.92. The van der Waals surface area contributed by atoms with Crippen molar-refractivity contribution in [3.05, 3.63) is 42.2 Å². The normalized spacial score (nSPS) is 12.8. The predicted molar refractivity (Wildman–Crippen MR) is 71.8 cm³/mol. The topological polar surface area (TPSA) is 73.3 Å². The number of ether oxygens (including phenoxy) is 2. The molecule has 0 saturated heterocycles. The van der Waals surface area contributed by atoms with E-state index < -0.39 is 0 Å². The lowest BCUT2D eigenvalue weighted by atomic mass is 10.1. The summed E-state index contributed by atoms with van der Waals surface area (Å²) in [5.74, 6) is 1.52. The van der Waals surface area contributed by atoms with Crippen molar-refractivity contribution in [2.75, 3.05) is 18.5 Å². The number of nitrogens with one attached hydrogen (secondary N) is 1. The summed E-state index contributed by atoms with van der Waals surface area (Å²) in [6.07, 6.45) is 3.38. The summed E-state index contributed by atoms with van der Waals surface area (Å²) < 4.78 is 10.9. The molecule has 6 nitrogen and oxygen atoms in total. The lowest BCUT2D eigenvalue weighted by Gasteiger charge is -2.18. The summed E-state index contributed by atoms with van der Waals surface area (Å²) in [4.78, 5) is 19.8. The summed E-state index contributed by atoms with van der Waals surface area (Å²) in [5, 5.41) is 2.64. The monoisotopic (exact) mass is 271 g/mol. The predicted octanol–water partition coefficient (Wildman–Crippen LogP) is 1.43. The Morgan fingerprint density at radius 3 is 2.70 bits per heavy atom. The van der Waals surface area contributed by atoms with Gasteiger partial charge in [-0.25, -0.2) is 9.97 Å². The van der Waals surface area contributed by atoms with E-state index in [-0.39, 0.29) is 12.3 Å². The van der Waals surface area contributed by atoms with Crippen LogP contribution in [0.1, 0.15) is 5.56 Å². The first-order chi connectivity index (χ1) is 9.81. The Hall–Kier alpha value is -2.63. The average Bonchev–Trinajstić information content (AvgIpc) is 2.48. The third-order valence-electron chi connectivity index (χ3n) is 2.79. The van der Waals surface area contributed by atoms with Crippen molar-refractivity contribution in [3.63, 3.8) is 0 Å². The van der Waals surface area contributed by atoms with E-state index >= 15 is 0 Å². The van der Waals surface area contributed by atoms with Crippen LogP contribution in [0, 0.1) is 0 Å². The average molecular weight is 271 g/mol. The van der Waals surface area contributed by atoms with Gasteiger partial charge in [0, 0.05) is 12.4 Å². The number of rotatable bonds is 3. The van der Waals surface area contributed by atoms with E-state index in [1.807, 2.05) is 18.2 Å². The van der Waals surface area contributed by atoms with Gasteiger partial charge in [0.05, 0.1) is 6.42 Å². The zero-order valence-electron chi connectivity index (χ0n) is 10.7. The minimum atomic E-state index is -0.173. The Morgan fingerprint density at radius 2 is 1.90 bits per heavy atom. The molecule has 0 radical (unpaired) electrons. The fraction of sp³-hybridized carbons (Fsp3) is 0.214.